The predicted octanol–water partition coefficient (Wildman–Crippen LogP) is 2.48. The van der Waals surface area contributed by atoms with E-state index in [0.29, 0.717) is 0 Å². The molecule has 14 heavy (non-hydrogen) atoms. The fraction of sp³-hybridized carbons (Fsp3) is 0.417. The van der Waals surface area contributed by atoms with Gasteiger partial charge in [0.05, 0.1) is 0 Å². The van der Waals surface area contributed by atoms with Crippen molar-refractivity contribution in [3.63, 3.8) is 0 Å². The molecule has 0 unspecified atom stereocenters. The van der Waals surface area contributed by atoms with Crippen molar-refractivity contribution in [3.8, 4) is 0 Å². The number of nitrogens with zero attached hydrogens (tertiary/aromatic N) is 2. The van der Waals surface area contributed by atoms with Gasteiger partial charge in [0.2, 0.25) is 0 Å². The van der Waals surface area contributed by atoms with E-state index in [-0.39, 0.29) is 0 Å². The van der Waals surface area contributed by atoms with Crippen LogP contribution < -0.4 is 0 Å². The summed E-state index contributed by atoms with van der Waals surface area (Å²) in [6, 6.07) is 4.11. The third-order valence-corrected chi connectivity index (χ3v) is 2.10. The van der Waals surface area contributed by atoms with Gasteiger partial charge in [0, 0.05) is 25.5 Å². The van der Waals surface area contributed by atoms with Gasteiger partial charge < -0.3 is 0 Å². The van der Waals surface area contributed by atoms with E-state index < -0.39 is 0 Å². The highest BCUT2D eigenvalue weighted by Crippen LogP contribution is 2.04. The smallest absolute Gasteiger partial charge is 0.0271 e. The highest BCUT2D eigenvalue weighted by molar-refractivity contribution is 5.09. The summed E-state index contributed by atoms with van der Waals surface area (Å²) in [5, 5.41) is 0. The Morgan fingerprint density at radius 3 is 2.57 bits per heavy atom. The highest BCUT2D eigenvalue weighted by atomic mass is 15.1. The molecule has 0 atom stereocenters. The van der Waals surface area contributed by atoms with E-state index in [1.54, 1.807) is 0 Å². The molecular formula is C12H18N2. The molecule has 0 aliphatic heterocycles. The molecule has 0 radical (unpaired) electrons. The molecule has 0 fully saturated rings. The molecule has 0 saturated carbocycles. The first-order valence-electron chi connectivity index (χ1n) is 4.98. The average Bonchev–Trinajstić information content (AvgIpc) is 2.17. The molecular weight excluding hydrogens is 172 g/mol. The molecule has 0 aliphatic rings. The third kappa shape index (κ3) is 3.71. The summed E-state index contributed by atoms with van der Waals surface area (Å²) in [5.41, 5.74) is 2.52. The molecule has 0 aliphatic carbocycles. The van der Waals surface area contributed by atoms with Gasteiger partial charge in [-0.3, -0.25) is 9.88 Å². The van der Waals surface area contributed by atoms with E-state index in [0.717, 1.165) is 19.6 Å². The Balaban J connectivity index is 2.53. The van der Waals surface area contributed by atoms with Crippen LogP contribution in [-0.4, -0.2) is 23.0 Å². The van der Waals surface area contributed by atoms with Gasteiger partial charge in [-0.05, 0) is 31.2 Å². The van der Waals surface area contributed by atoms with Gasteiger partial charge in [-0.15, -0.1) is 0 Å². The Morgan fingerprint density at radius 1 is 1.43 bits per heavy atom. The molecule has 0 N–H and O–H groups in total. The van der Waals surface area contributed by atoms with Crippen molar-refractivity contribution in [2.24, 2.45) is 0 Å². The molecule has 76 valence electrons. The number of hydrogen-bond acceptors (Lipinski definition) is 2. The van der Waals surface area contributed by atoms with Gasteiger partial charge >= 0.3 is 0 Å². The first-order valence-corrected chi connectivity index (χ1v) is 4.98. The van der Waals surface area contributed by atoms with Crippen molar-refractivity contribution in [1.29, 1.82) is 0 Å². The van der Waals surface area contributed by atoms with Crippen molar-refractivity contribution in [1.82, 2.24) is 9.88 Å². The molecule has 1 aromatic rings. The van der Waals surface area contributed by atoms with Gasteiger partial charge in [0.15, 0.2) is 0 Å². The van der Waals surface area contributed by atoms with Gasteiger partial charge in [0.25, 0.3) is 0 Å². The van der Waals surface area contributed by atoms with Crippen LogP contribution in [0.5, 0.6) is 0 Å². The molecule has 2 heteroatoms. The lowest BCUT2D eigenvalue weighted by Gasteiger charge is -2.20. The van der Waals surface area contributed by atoms with Crippen LogP contribution in [0.15, 0.2) is 36.7 Å². The van der Waals surface area contributed by atoms with Crippen LogP contribution in [0, 0.1) is 0 Å². The number of likely N-dealkylation sites (N-methyl/N-ethyl adjacent to an activating group) is 1. The molecule has 0 amide bonds. The first kappa shape index (κ1) is 10.9. The maximum absolute atomic E-state index is 4.00. The molecule has 2 nitrogen and oxygen atoms in total. The number of hydrogen-bond donors (Lipinski definition) is 0. The average molecular weight is 190 g/mol. The SMILES string of the molecule is C=C(C)CN(CC)Cc1ccncc1. The quantitative estimate of drug-likeness (QED) is 0.663. The lowest BCUT2D eigenvalue weighted by molar-refractivity contribution is 0.304. The standard InChI is InChI=1S/C12H18N2/c1-4-14(9-11(2)3)10-12-5-7-13-8-6-12/h5-8H,2,4,9-10H2,1,3H3. The molecule has 0 aromatic carbocycles. The Hall–Kier alpha value is -1.15. The molecule has 1 rings (SSSR count). The Morgan fingerprint density at radius 2 is 2.07 bits per heavy atom. The van der Waals surface area contributed by atoms with Crippen LogP contribution in [0.3, 0.4) is 0 Å². The topological polar surface area (TPSA) is 16.1 Å². The number of aromatic nitrogens is 1. The number of rotatable bonds is 5. The van der Waals surface area contributed by atoms with Crippen molar-refractivity contribution in [2.45, 2.75) is 20.4 Å². The zero-order valence-electron chi connectivity index (χ0n) is 9.03. The van der Waals surface area contributed by atoms with E-state index in [4.69, 9.17) is 0 Å². The lowest BCUT2D eigenvalue weighted by Crippen LogP contribution is -2.24. The molecule has 0 spiro atoms. The van der Waals surface area contributed by atoms with Crippen LogP contribution in [0.25, 0.3) is 0 Å². The molecule has 1 aromatic heterocycles. The summed E-state index contributed by atoms with van der Waals surface area (Å²) in [7, 11) is 0. The van der Waals surface area contributed by atoms with E-state index >= 15 is 0 Å². The van der Waals surface area contributed by atoms with Crippen molar-refractivity contribution >= 4 is 0 Å². The van der Waals surface area contributed by atoms with Crippen molar-refractivity contribution in [3.05, 3.63) is 42.2 Å². The monoisotopic (exact) mass is 190 g/mol. The lowest BCUT2D eigenvalue weighted by atomic mass is 10.2. The first-order chi connectivity index (χ1) is 6.72. The summed E-state index contributed by atoms with van der Waals surface area (Å²) in [6.07, 6.45) is 3.67. The minimum absolute atomic E-state index is 0.971. The van der Waals surface area contributed by atoms with E-state index in [2.05, 4.69) is 42.4 Å². The molecule has 1 heterocycles. The van der Waals surface area contributed by atoms with Gasteiger partial charge in [-0.25, -0.2) is 0 Å². The summed E-state index contributed by atoms with van der Waals surface area (Å²) < 4.78 is 0. The summed E-state index contributed by atoms with van der Waals surface area (Å²) in [5.74, 6) is 0. The van der Waals surface area contributed by atoms with Crippen molar-refractivity contribution < 1.29 is 0 Å². The Bertz CT molecular complexity index is 280. The normalized spacial score (nSPS) is 10.5. The summed E-state index contributed by atoms with van der Waals surface area (Å²) in [6.45, 7) is 11.2. The summed E-state index contributed by atoms with van der Waals surface area (Å²) >= 11 is 0. The van der Waals surface area contributed by atoms with Crippen LogP contribution in [0.1, 0.15) is 19.4 Å². The summed E-state index contributed by atoms with van der Waals surface area (Å²) in [4.78, 5) is 6.36. The molecule has 0 bridgehead atoms. The second kappa shape index (κ2) is 5.55. The van der Waals surface area contributed by atoms with E-state index in [1.807, 2.05) is 12.4 Å². The zero-order valence-corrected chi connectivity index (χ0v) is 9.03. The third-order valence-electron chi connectivity index (χ3n) is 2.10. The van der Waals surface area contributed by atoms with E-state index in [1.165, 1.54) is 11.1 Å². The second-order valence-corrected chi connectivity index (χ2v) is 3.62. The van der Waals surface area contributed by atoms with Gasteiger partial charge in [-0.2, -0.15) is 0 Å². The minimum Gasteiger partial charge on any atom is -0.295 e. The van der Waals surface area contributed by atoms with Crippen LogP contribution >= 0.6 is 0 Å². The fourth-order valence-corrected chi connectivity index (χ4v) is 1.41. The van der Waals surface area contributed by atoms with Crippen LogP contribution in [0.2, 0.25) is 0 Å². The van der Waals surface area contributed by atoms with E-state index in [9.17, 15) is 0 Å². The zero-order chi connectivity index (χ0) is 10.4. The minimum atomic E-state index is 0.971. The molecule has 0 saturated heterocycles. The van der Waals surface area contributed by atoms with Gasteiger partial charge in [0.1, 0.15) is 0 Å². The van der Waals surface area contributed by atoms with Crippen LogP contribution in [-0.2, 0) is 6.54 Å². The highest BCUT2D eigenvalue weighted by Gasteiger charge is 2.02. The predicted molar refractivity (Wildman–Crippen MR) is 60.0 cm³/mol. The van der Waals surface area contributed by atoms with Gasteiger partial charge in [-0.1, -0.05) is 19.1 Å². The Kier molecular flexibility index (Phi) is 4.33. The largest absolute Gasteiger partial charge is 0.295 e. The fourth-order valence-electron chi connectivity index (χ4n) is 1.41. The van der Waals surface area contributed by atoms with Crippen molar-refractivity contribution in [2.75, 3.05) is 13.1 Å². The number of pyridine rings is 1. The van der Waals surface area contributed by atoms with Crippen LogP contribution in [0.4, 0.5) is 0 Å². The maximum Gasteiger partial charge on any atom is 0.0271 e. The Labute approximate surface area is 86.3 Å². The second-order valence-electron chi connectivity index (χ2n) is 3.62. The maximum atomic E-state index is 4.00.